The molecule has 0 amide bonds. The van der Waals surface area contributed by atoms with Crippen LogP contribution in [0.2, 0.25) is 0 Å². The third-order valence-electron chi connectivity index (χ3n) is 2.38. The van der Waals surface area contributed by atoms with Crippen LogP contribution in [0.3, 0.4) is 0 Å². The molecule has 0 N–H and O–H groups in total. The van der Waals surface area contributed by atoms with Crippen molar-refractivity contribution < 1.29 is 0 Å². The van der Waals surface area contributed by atoms with Gasteiger partial charge in [-0.25, -0.2) is 0 Å². The Bertz CT molecular complexity index is 82.0. The summed E-state index contributed by atoms with van der Waals surface area (Å²) in [7, 11) is 0. The molecule has 2 radical (unpaired) electrons. The van der Waals surface area contributed by atoms with Crippen LogP contribution in [-0.4, -0.2) is 0 Å². The summed E-state index contributed by atoms with van der Waals surface area (Å²) in [5, 5.41) is 0. The first kappa shape index (κ1) is 11.0. The molecule has 0 nitrogen and oxygen atoms in total. The van der Waals surface area contributed by atoms with Crippen LogP contribution in [0.1, 0.15) is 47.0 Å². The van der Waals surface area contributed by atoms with Crippen LogP contribution in [0.15, 0.2) is 0 Å². The van der Waals surface area contributed by atoms with Crippen LogP contribution in [0.4, 0.5) is 0 Å². The zero-order valence-corrected chi connectivity index (χ0v) is 8.43. The zero-order valence-electron chi connectivity index (χ0n) is 8.43. The van der Waals surface area contributed by atoms with Gasteiger partial charge in [-0.15, -0.1) is 0 Å². The second kappa shape index (κ2) is 5.62. The van der Waals surface area contributed by atoms with E-state index in [0.29, 0.717) is 5.92 Å². The van der Waals surface area contributed by atoms with Crippen molar-refractivity contribution in [3.63, 3.8) is 0 Å². The maximum absolute atomic E-state index is 5.83. The molecule has 2 unspecified atom stereocenters. The van der Waals surface area contributed by atoms with Gasteiger partial charge in [0.15, 0.2) is 0 Å². The first-order valence-corrected chi connectivity index (χ1v) is 4.83. The highest BCUT2D eigenvalue weighted by molar-refractivity contribution is 4.67. The van der Waals surface area contributed by atoms with Gasteiger partial charge in [-0.2, -0.15) is 0 Å². The SMILES string of the molecule is [CH]C(C)C(CC)CCC(C)C. The topological polar surface area (TPSA) is 0 Å². The molecule has 0 saturated heterocycles. The number of hydrogen-bond donors (Lipinski definition) is 0. The molecule has 0 aromatic heterocycles. The Morgan fingerprint density at radius 3 is 1.91 bits per heavy atom. The van der Waals surface area contributed by atoms with E-state index in [1.165, 1.54) is 19.3 Å². The van der Waals surface area contributed by atoms with Crippen molar-refractivity contribution in [3.8, 4) is 0 Å². The molecule has 0 saturated carbocycles. The molecule has 0 fully saturated rings. The van der Waals surface area contributed by atoms with Gasteiger partial charge in [0.25, 0.3) is 0 Å². The van der Waals surface area contributed by atoms with Crippen LogP contribution >= 0.6 is 0 Å². The molecule has 0 aliphatic rings. The Labute approximate surface area is 72.4 Å². The minimum Gasteiger partial charge on any atom is -0.0651 e. The summed E-state index contributed by atoms with van der Waals surface area (Å²) in [5.74, 6) is 1.93. The molecule has 0 aromatic carbocycles. The average Bonchev–Trinajstić information content (AvgIpc) is 1.87. The quantitative estimate of drug-likeness (QED) is 0.565. The van der Waals surface area contributed by atoms with Gasteiger partial charge in [-0.05, 0) is 31.1 Å². The highest BCUT2D eigenvalue weighted by Crippen LogP contribution is 2.22. The lowest BCUT2D eigenvalue weighted by Crippen LogP contribution is -2.08. The van der Waals surface area contributed by atoms with E-state index in [9.17, 15) is 0 Å². The van der Waals surface area contributed by atoms with Crippen molar-refractivity contribution in [1.82, 2.24) is 0 Å². The van der Waals surface area contributed by atoms with E-state index in [1.807, 2.05) is 0 Å². The summed E-state index contributed by atoms with van der Waals surface area (Å²) in [6, 6.07) is 0. The van der Waals surface area contributed by atoms with Crippen LogP contribution in [0.5, 0.6) is 0 Å². The molecule has 0 spiro atoms. The van der Waals surface area contributed by atoms with Crippen LogP contribution in [0, 0.1) is 24.7 Å². The van der Waals surface area contributed by atoms with E-state index in [1.54, 1.807) is 0 Å². The van der Waals surface area contributed by atoms with Crippen molar-refractivity contribution in [3.05, 3.63) is 6.92 Å². The van der Waals surface area contributed by atoms with E-state index in [-0.39, 0.29) is 0 Å². The summed E-state index contributed by atoms with van der Waals surface area (Å²) < 4.78 is 0. The molecule has 11 heavy (non-hydrogen) atoms. The highest BCUT2D eigenvalue weighted by Gasteiger charge is 2.10. The molecule has 0 aromatic rings. The molecule has 0 bridgehead atoms. The second-order valence-electron chi connectivity index (χ2n) is 4.00. The maximum atomic E-state index is 5.83. The standard InChI is InChI=1S/C11H22/c1-6-11(10(4)5)8-7-9(2)3/h4,9-11H,6-8H2,1-3,5H3. The number of hydrogen-bond acceptors (Lipinski definition) is 0. The molecular weight excluding hydrogens is 132 g/mol. The average molecular weight is 154 g/mol. The van der Waals surface area contributed by atoms with Crippen LogP contribution in [0.25, 0.3) is 0 Å². The smallest absolute Gasteiger partial charge is 0.0318 e. The molecule has 2 atom stereocenters. The Morgan fingerprint density at radius 2 is 1.64 bits per heavy atom. The zero-order chi connectivity index (χ0) is 8.85. The fraction of sp³-hybridized carbons (Fsp3) is 0.909. The Morgan fingerprint density at radius 1 is 1.09 bits per heavy atom. The molecule has 0 heteroatoms. The van der Waals surface area contributed by atoms with Crippen LogP contribution < -0.4 is 0 Å². The third kappa shape index (κ3) is 5.29. The first-order valence-electron chi connectivity index (χ1n) is 4.83. The monoisotopic (exact) mass is 154 g/mol. The fourth-order valence-corrected chi connectivity index (χ4v) is 1.39. The maximum Gasteiger partial charge on any atom is -0.0318 e. The predicted molar refractivity (Wildman–Crippen MR) is 51.3 cm³/mol. The van der Waals surface area contributed by atoms with Gasteiger partial charge in [0.2, 0.25) is 0 Å². The van der Waals surface area contributed by atoms with Crippen LogP contribution in [-0.2, 0) is 0 Å². The van der Waals surface area contributed by atoms with Gasteiger partial charge in [-0.1, -0.05) is 40.5 Å². The normalized spacial score (nSPS) is 14.5. The van der Waals surface area contributed by atoms with Gasteiger partial charge in [0.1, 0.15) is 0 Å². The molecule has 0 rings (SSSR count). The minimum atomic E-state index is 0.374. The van der Waals surface area contributed by atoms with E-state index in [0.717, 1.165) is 11.8 Å². The van der Waals surface area contributed by atoms with Crippen molar-refractivity contribution >= 4 is 0 Å². The molecule has 66 valence electrons. The van der Waals surface area contributed by atoms with Crippen molar-refractivity contribution in [1.29, 1.82) is 0 Å². The fourth-order valence-electron chi connectivity index (χ4n) is 1.39. The van der Waals surface area contributed by atoms with E-state index in [4.69, 9.17) is 6.92 Å². The molecule has 0 aliphatic heterocycles. The van der Waals surface area contributed by atoms with Crippen molar-refractivity contribution in [2.75, 3.05) is 0 Å². The molecular formula is C11H22. The van der Waals surface area contributed by atoms with Crippen molar-refractivity contribution in [2.45, 2.75) is 47.0 Å². The summed E-state index contributed by atoms with van der Waals surface area (Å²) in [5.41, 5.74) is 0. The van der Waals surface area contributed by atoms with E-state index >= 15 is 0 Å². The molecule has 0 aliphatic carbocycles. The Balaban J connectivity index is 3.52. The first-order chi connectivity index (χ1) is 5.07. The van der Waals surface area contributed by atoms with E-state index in [2.05, 4.69) is 27.7 Å². The van der Waals surface area contributed by atoms with Gasteiger partial charge in [-0.3, -0.25) is 0 Å². The third-order valence-corrected chi connectivity index (χ3v) is 2.38. The molecule has 0 heterocycles. The summed E-state index contributed by atoms with van der Waals surface area (Å²) in [6.07, 6.45) is 3.84. The Kier molecular flexibility index (Phi) is 5.62. The largest absolute Gasteiger partial charge is 0.0651 e. The lowest BCUT2D eigenvalue weighted by atomic mass is 9.87. The van der Waals surface area contributed by atoms with Gasteiger partial charge in [0.05, 0.1) is 0 Å². The van der Waals surface area contributed by atoms with Gasteiger partial charge >= 0.3 is 0 Å². The van der Waals surface area contributed by atoms with E-state index < -0.39 is 0 Å². The lowest BCUT2D eigenvalue weighted by molar-refractivity contribution is 0.345. The minimum absolute atomic E-state index is 0.374. The summed E-state index contributed by atoms with van der Waals surface area (Å²) in [6.45, 7) is 14.7. The second-order valence-corrected chi connectivity index (χ2v) is 4.00. The predicted octanol–water partition coefficient (Wildman–Crippen LogP) is 3.80. The van der Waals surface area contributed by atoms with Gasteiger partial charge < -0.3 is 0 Å². The summed E-state index contributed by atoms with van der Waals surface area (Å²) >= 11 is 0. The van der Waals surface area contributed by atoms with Gasteiger partial charge in [0, 0.05) is 0 Å². The lowest BCUT2D eigenvalue weighted by Gasteiger charge is -2.19. The highest BCUT2D eigenvalue weighted by atomic mass is 14.2. The number of rotatable bonds is 5. The summed E-state index contributed by atoms with van der Waals surface area (Å²) in [4.78, 5) is 0. The van der Waals surface area contributed by atoms with Crippen molar-refractivity contribution in [2.24, 2.45) is 17.8 Å². The Hall–Kier alpha value is 0.